The third kappa shape index (κ3) is 51.2. The van der Waals surface area contributed by atoms with Crippen LogP contribution in [0.2, 0.25) is 0 Å². The lowest BCUT2D eigenvalue weighted by molar-refractivity contribution is -0.131. The van der Waals surface area contributed by atoms with E-state index in [1.54, 1.807) is 19.4 Å². The molecule has 0 saturated carbocycles. The molecule has 0 bridgehead atoms. The van der Waals surface area contributed by atoms with Crippen molar-refractivity contribution in [1.29, 1.82) is 0 Å². The van der Waals surface area contributed by atoms with Crippen LogP contribution in [0.3, 0.4) is 0 Å². The smallest absolute Gasteiger partial charge is 0.243 e. The normalized spacial score (nSPS) is 11.0. The van der Waals surface area contributed by atoms with Crippen LogP contribution >= 0.6 is 0 Å². The minimum absolute atomic E-state index is 0.138. The Kier molecular flexibility index (Phi) is 62.6. The standard InChI is InChI=1S/C42H76N6O13.C4H9NO.2C2H6.CH5N/c1-6-12-53-13-10-39(49)47-41(34(3)4)42(51)45-30-40(50)46-38-9-8-35(7-2)36(29-38)32-61-33-37(43)31-48(44)11-14-54-17-18-56-21-22-58-25-26-60-28-27-59-24-23-57-20-19-55-16-15-52-5;1-2-3-5-4-6;3*1-2/h8-9,29,31,34,41H,6-7,10-28,30,32-33,43-44H2,1-5H3,(H,45,51)(H,46,50)(H,47,49);4H,2-3H2,1H3,(H,5,6);2*1-2H3;2H2,1H3/b37-31-;;;;. The van der Waals surface area contributed by atoms with Crippen molar-refractivity contribution in [3.05, 3.63) is 41.2 Å². The van der Waals surface area contributed by atoms with Crippen LogP contribution in [0.15, 0.2) is 30.1 Å². The number of hydrogen-bond donors (Lipinski definition) is 7. The Balaban J connectivity index is -0.00000179. The van der Waals surface area contributed by atoms with Crippen molar-refractivity contribution in [2.45, 2.75) is 101 Å². The Morgan fingerprint density at radius 3 is 1.59 bits per heavy atom. The third-order valence-corrected chi connectivity index (χ3v) is 8.87. The Hall–Kier alpha value is -4.04. The molecule has 22 heteroatoms. The van der Waals surface area contributed by atoms with E-state index in [2.05, 4.69) is 27.0 Å². The molecular weight excluding hydrogens is 949 g/mol. The Morgan fingerprint density at radius 2 is 1.15 bits per heavy atom. The average Bonchev–Trinajstić information content (AvgIpc) is 3.40. The number of aryl methyl sites for hydroxylation is 1. The van der Waals surface area contributed by atoms with Gasteiger partial charge in [0.05, 0.1) is 138 Å². The van der Waals surface area contributed by atoms with Crippen LogP contribution in [0, 0.1) is 5.92 Å². The van der Waals surface area contributed by atoms with E-state index in [-0.39, 0.29) is 44.6 Å². The van der Waals surface area contributed by atoms with E-state index in [1.165, 1.54) is 12.1 Å². The van der Waals surface area contributed by atoms with Crippen molar-refractivity contribution in [1.82, 2.24) is 21.0 Å². The summed E-state index contributed by atoms with van der Waals surface area (Å²) in [6, 6.07) is 4.77. The van der Waals surface area contributed by atoms with E-state index >= 15 is 0 Å². The van der Waals surface area contributed by atoms with Gasteiger partial charge in [0, 0.05) is 38.6 Å². The number of hydrazine groups is 1. The van der Waals surface area contributed by atoms with E-state index in [1.807, 2.05) is 74.4 Å². The molecule has 0 aliphatic carbocycles. The van der Waals surface area contributed by atoms with Gasteiger partial charge in [-0.25, -0.2) is 5.84 Å². The zero-order chi connectivity index (χ0) is 55.6. The van der Waals surface area contributed by atoms with E-state index in [0.717, 1.165) is 36.9 Å². The first-order chi connectivity index (χ1) is 35.5. The number of nitrogens with zero attached hydrogens (tertiary/aromatic N) is 1. The fourth-order valence-corrected chi connectivity index (χ4v) is 5.39. The number of nitrogens with two attached hydrogens (primary N) is 3. The molecule has 1 atom stereocenters. The summed E-state index contributed by atoms with van der Waals surface area (Å²) in [5.41, 5.74) is 13.6. The second-order valence-corrected chi connectivity index (χ2v) is 15.0. The van der Waals surface area contributed by atoms with Gasteiger partial charge in [-0.2, -0.15) is 0 Å². The molecule has 0 saturated heterocycles. The van der Waals surface area contributed by atoms with Gasteiger partial charge in [-0.15, -0.1) is 0 Å². The van der Waals surface area contributed by atoms with Gasteiger partial charge in [0.1, 0.15) is 6.04 Å². The van der Waals surface area contributed by atoms with Crippen molar-refractivity contribution in [3.8, 4) is 0 Å². The molecule has 0 aliphatic rings. The first-order valence-corrected chi connectivity index (χ1v) is 25.9. The van der Waals surface area contributed by atoms with Crippen LogP contribution in [0.25, 0.3) is 0 Å². The molecule has 0 heterocycles. The topological polar surface area (TPSA) is 290 Å². The second kappa shape index (κ2) is 60.5. The molecule has 0 radical (unpaired) electrons. The van der Waals surface area contributed by atoms with Crippen LogP contribution < -0.4 is 38.6 Å². The third-order valence-electron chi connectivity index (χ3n) is 8.87. The van der Waals surface area contributed by atoms with Crippen molar-refractivity contribution in [2.75, 3.05) is 158 Å². The monoisotopic (exact) mass is 1050 g/mol. The molecule has 1 rings (SSSR count). The Bertz CT molecular complexity index is 1420. The summed E-state index contributed by atoms with van der Waals surface area (Å²) < 4.78 is 54.4. The number of methoxy groups -OCH3 is 1. The van der Waals surface area contributed by atoms with Gasteiger partial charge in [0.2, 0.25) is 24.1 Å². The van der Waals surface area contributed by atoms with E-state index in [9.17, 15) is 19.2 Å². The molecule has 0 aromatic heterocycles. The summed E-state index contributed by atoms with van der Waals surface area (Å²) in [6.07, 6.45) is 5.09. The number of hydrogen-bond acceptors (Lipinski definition) is 18. The van der Waals surface area contributed by atoms with Crippen LogP contribution in [0.1, 0.15) is 92.7 Å². The van der Waals surface area contributed by atoms with Crippen LogP contribution in [-0.2, 0) is 79.6 Å². The van der Waals surface area contributed by atoms with Gasteiger partial charge in [-0.05, 0) is 55.5 Å². The van der Waals surface area contributed by atoms with Crippen molar-refractivity contribution in [3.63, 3.8) is 0 Å². The Morgan fingerprint density at radius 1 is 0.658 bits per heavy atom. The molecule has 1 aromatic carbocycles. The summed E-state index contributed by atoms with van der Waals surface area (Å²) in [6.45, 7) is 27.1. The summed E-state index contributed by atoms with van der Waals surface area (Å²) in [5, 5.41) is 12.1. The number of benzene rings is 1. The van der Waals surface area contributed by atoms with Gasteiger partial charge < -0.3 is 85.1 Å². The highest BCUT2D eigenvalue weighted by Gasteiger charge is 2.24. The van der Waals surface area contributed by atoms with Gasteiger partial charge in [0.25, 0.3) is 0 Å². The number of ether oxygens (including phenoxy) is 10. The molecule has 1 aromatic rings. The molecule has 430 valence electrons. The van der Waals surface area contributed by atoms with Crippen LogP contribution in [0.4, 0.5) is 5.69 Å². The maximum atomic E-state index is 12.8. The lowest BCUT2D eigenvalue weighted by atomic mass is 10.0. The second-order valence-electron chi connectivity index (χ2n) is 15.0. The lowest BCUT2D eigenvalue weighted by Crippen LogP contribution is -2.51. The average molecular weight is 1050 g/mol. The van der Waals surface area contributed by atoms with Crippen LogP contribution in [0.5, 0.6) is 0 Å². The summed E-state index contributed by atoms with van der Waals surface area (Å²) in [7, 11) is 3.14. The maximum absolute atomic E-state index is 12.8. The Labute approximate surface area is 439 Å². The largest absolute Gasteiger partial charge is 0.399 e. The van der Waals surface area contributed by atoms with Gasteiger partial charge >= 0.3 is 0 Å². The molecule has 22 nitrogen and oxygen atoms in total. The molecule has 0 spiro atoms. The summed E-state index contributed by atoms with van der Waals surface area (Å²) >= 11 is 0. The minimum atomic E-state index is -0.779. The first kappa shape index (κ1) is 75.5. The quantitative estimate of drug-likeness (QED) is 0.0214. The summed E-state index contributed by atoms with van der Waals surface area (Å²) in [4.78, 5) is 47.3. The molecule has 0 aliphatic heterocycles. The zero-order valence-electron chi connectivity index (χ0n) is 46.8. The molecule has 4 amide bonds. The van der Waals surface area contributed by atoms with Crippen LogP contribution in [-0.4, -0.2) is 188 Å². The number of carbonyl (C=O) groups is 4. The molecule has 10 N–H and O–H groups in total. The lowest BCUT2D eigenvalue weighted by Gasteiger charge is -2.21. The number of carbonyl (C=O) groups excluding carboxylic acids is 4. The number of amides is 4. The molecule has 73 heavy (non-hydrogen) atoms. The van der Waals surface area contributed by atoms with Crippen molar-refractivity contribution >= 4 is 29.8 Å². The predicted octanol–water partition coefficient (Wildman–Crippen LogP) is 3.29. The highest BCUT2D eigenvalue weighted by atomic mass is 16.6. The minimum Gasteiger partial charge on any atom is -0.399 e. The summed E-state index contributed by atoms with van der Waals surface area (Å²) in [5.74, 6) is 4.75. The fraction of sp³-hybridized carbons (Fsp3) is 0.765. The van der Waals surface area contributed by atoms with E-state index in [4.69, 9.17) is 58.9 Å². The molecular formula is C51H102N8O14. The highest BCUT2D eigenvalue weighted by molar-refractivity contribution is 5.96. The van der Waals surface area contributed by atoms with Crippen molar-refractivity contribution in [2.24, 2.45) is 23.2 Å². The van der Waals surface area contributed by atoms with Gasteiger partial charge in [0.15, 0.2) is 0 Å². The fourth-order valence-electron chi connectivity index (χ4n) is 5.39. The number of anilines is 1. The number of nitrogens with one attached hydrogen (secondary N) is 4. The maximum Gasteiger partial charge on any atom is 0.243 e. The zero-order valence-corrected chi connectivity index (χ0v) is 46.8. The predicted molar refractivity (Wildman–Crippen MR) is 288 cm³/mol. The molecule has 0 fully saturated rings. The first-order valence-electron chi connectivity index (χ1n) is 25.9. The molecule has 1 unspecified atom stereocenters. The number of rotatable bonds is 44. The van der Waals surface area contributed by atoms with E-state index in [0.29, 0.717) is 130 Å². The van der Waals surface area contributed by atoms with Crippen molar-refractivity contribution < 1.29 is 66.5 Å². The van der Waals surface area contributed by atoms with Gasteiger partial charge in [-0.1, -0.05) is 68.4 Å². The van der Waals surface area contributed by atoms with E-state index < -0.39 is 17.9 Å². The van der Waals surface area contributed by atoms with Gasteiger partial charge in [-0.3, -0.25) is 19.2 Å². The SMILES string of the molecule is CC.CC.CCCNC=O.CCCOCCC(=O)NC(C(=O)NCC(=O)Nc1ccc(CC)c(COC/C(N)=C/N(N)CCOCCOCCOCCOCCOCCOCCOCCOC)c1)C(C)C.CN. The highest BCUT2D eigenvalue weighted by Crippen LogP contribution is 2.18.